The first-order chi connectivity index (χ1) is 17.0. The predicted octanol–water partition coefficient (Wildman–Crippen LogP) is 4.70. The van der Waals surface area contributed by atoms with Gasteiger partial charge in [0.05, 0.1) is 5.71 Å². The second-order valence-corrected chi connectivity index (χ2v) is 7.05. The Morgan fingerprint density at radius 3 is 2.46 bits per heavy atom. The van der Waals surface area contributed by atoms with E-state index in [0.717, 1.165) is 7.11 Å². The number of hydrogen-bond donors (Lipinski definition) is 3. The number of carbonyl (C=O) groups is 1. The first kappa shape index (κ1) is 26.9. The Morgan fingerprint density at radius 2 is 1.74 bits per heavy atom. The van der Waals surface area contributed by atoms with Crippen molar-refractivity contribution in [3.8, 4) is 5.75 Å². The van der Waals surface area contributed by atoms with Crippen molar-refractivity contribution >= 4 is 23.4 Å². The maximum absolute atomic E-state index is 14.2. The molecule has 0 aliphatic carbocycles. The third-order valence-corrected chi connectivity index (χ3v) is 4.71. The van der Waals surface area contributed by atoms with E-state index in [1.165, 1.54) is 13.1 Å². The van der Waals surface area contributed by atoms with Crippen LogP contribution in [0.3, 0.4) is 0 Å². The number of halogens is 1. The molecule has 3 rings (SSSR count). The van der Waals surface area contributed by atoms with Gasteiger partial charge in [0.15, 0.2) is 0 Å². The summed E-state index contributed by atoms with van der Waals surface area (Å²) in [5, 5.41) is 21.6. The van der Waals surface area contributed by atoms with Crippen molar-refractivity contribution in [3.63, 3.8) is 0 Å². The molecule has 3 N–H and O–H groups in total. The molecule has 8 heteroatoms. The molecule has 7 nitrogen and oxygen atoms in total. The molecule has 0 atom stereocenters. The summed E-state index contributed by atoms with van der Waals surface area (Å²) in [6.07, 6.45) is 1.31. The van der Waals surface area contributed by atoms with E-state index in [4.69, 9.17) is 20.1 Å². The fourth-order valence-electron chi connectivity index (χ4n) is 3.00. The quantitative estimate of drug-likeness (QED) is 0.236. The van der Waals surface area contributed by atoms with Crippen LogP contribution in [0.15, 0.2) is 90.0 Å². The Hall–Kier alpha value is -4.30. The smallest absolute Gasteiger partial charge is 0.278 e. The Bertz CT molecular complexity index is 1190. The van der Waals surface area contributed by atoms with Crippen molar-refractivity contribution in [1.82, 2.24) is 5.32 Å². The van der Waals surface area contributed by atoms with Crippen LogP contribution in [-0.2, 0) is 16.2 Å². The van der Waals surface area contributed by atoms with Gasteiger partial charge < -0.3 is 20.0 Å². The van der Waals surface area contributed by atoms with Crippen LogP contribution in [0.25, 0.3) is 6.08 Å². The molecular formula is C27H28FN3O4. The zero-order chi connectivity index (χ0) is 25.6. The lowest BCUT2D eigenvalue weighted by molar-refractivity contribution is -0.114. The number of aliphatic hydroxyl groups excluding tert-OH is 1. The third kappa shape index (κ3) is 8.21. The molecule has 0 unspecified atom stereocenters. The molecule has 0 aliphatic heterocycles. The molecule has 0 heterocycles. The summed E-state index contributed by atoms with van der Waals surface area (Å²) in [7, 11) is 2.48. The van der Waals surface area contributed by atoms with E-state index in [1.807, 2.05) is 24.3 Å². The molecule has 1 amide bonds. The number of amides is 1. The minimum absolute atomic E-state index is 0.0809. The second-order valence-electron chi connectivity index (χ2n) is 7.05. The fourth-order valence-corrected chi connectivity index (χ4v) is 3.00. The highest BCUT2D eigenvalue weighted by Crippen LogP contribution is 2.19. The van der Waals surface area contributed by atoms with Crippen LogP contribution in [0, 0.1) is 5.41 Å². The van der Waals surface area contributed by atoms with E-state index in [2.05, 4.69) is 10.5 Å². The molecule has 0 saturated heterocycles. The number of oxime groups is 1. The normalized spacial score (nSPS) is 11.1. The highest BCUT2D eigenvalue weighted by Gasteiger charge is 2.14. The maximum Gasteiger partial charge on any atom is 0.278 e. The standard InChI is InChI=1S/C26H24FN3O3.CH4O/c1-18(30-32-17-21-11-6-7-14-23(21)25(28)26(31)29-2)20-12-8-13-22(16-20)33-24(27)15-19-9-4-3-5-10-19;1-2/h3-16,28H,17H2,1-2H3,(H,29,31);2H,1H3/b24-15-,28-25?,30-18?;. The molecule has 3 aromatic carbocycles. The number of hydrogen-bond acceptors (Lipinski definition) is 6. The average molecular weight is 478 g/mol. The summed E-state index contributed by atoms with van der Waals surface area (Å²) in [5.41, 5.74) is 2.95. The van der Waals surface area contributed by atoms with E-state index >= 15 is 0 Å². The Kier molecular flexibility index (Phi) is 10.8. The Labute approximate surface area is 204 Å². The number of nitrogens with zero attached hydrogens (tertiary/aromatic N) is 1. The average Bonchev–Trinajstić information content (AvgIpc) is 2.89. The van der Waals surface area contributed by atoms with Gasteiger partial charge in [0.25, 0.3) is 11.9 Å². The van der Waals surface area contributed by atoms with Crippen molar-refractivity contribution in [3.05, 3.63) is 107 Å². The van der Waals surface area contributed by atoms with E-state index in [-0.39, 0.29) is 12.3 Å². The van der Waals surface area contributed by atoms with Crippen LogP contribution < -0.4 is 10.1 Å². The number of benzene rings is 3. The molecule has 0 aliphatic rings. The summed E-state index contributed by atoms with van der Waals surface area (Å²) >= 11 is 0. The summed E-state index contributed by atoms with van der Waals surface area (Å²) in [5.74, 6) is -0.149. The van der Waals surface area contributed by atoms with Crippen LogP contribution in [0.2, 0.25) is 0 Å². The zero-order valence-electron chi connectivity index (χ0n) is 19.8. The van der Waals surface area contributed by atoms with Crippen LogP contribution in [0.5, 0.6) is 5.75 Å². The predicted molar refractivity (Wildman–Crippen MR) is 135 cm³/mol. The number of rotatable bonds is 9. The van der Waals surface area contributed by atoms with Gasteiger partial charge in [0, 0.05) is 36.9 Å². The van der Waals surface area contributed by atoms with Gasteiger partial charge in [-0.3, -0.25) is 10.2 Å². The summed E-state index contributed by atoms with van der Waals surface area (Å²) in [4.78, 5) is 17.3. The van der Waals surface area contributed by atoms with Crippen LogP contribution in [0.4, 0.5) is 4.39 Å². The van der Waals surface area contributed by atoms with Gasteiger partial charge in [-0.05, 0) is 24.6 Å². The molecule has 0 bridgehead atoms. The first-order valence-electron chi connectivity index (χ1n) is 10.7. The summed E-state index contributed by atoms with van der Waals surface area (Å²) in [6.45, 7) is 1.84. The molecular weight excluding hydrogens is 449 g/mol. The molecule has 0 saturated carbocycles. The first-order valence-corrected chi connectivity index (χ1v) is 10.7. The minimum Gasteiger partial charge on any atom is -0.432 e. The minimum atomic E-state index is -0.723. The van der Waals surface area contributed by atoms with Gasteiger partial charge >= 0.3 is 0 Å². The highest BCUT2D eigenvalue weighted by molar-refractivity contribution is 6.44. The molecule has 0 radical (unpaired) electrons. The molecule has 35 heavy (non-hydrogen) atoms. The largest absolute Gasteiger partial charge is 0.432 e. The van der Waals surface area contributed by atoms with Gasteiger partial charge in [0.2, 0.25) is 0 Å². The molecule has 182 valence electrons. The van der Waals surface area contributed by atoms with Crippen molar-refractivity contribution < 1.29 is 23.9 Å². The van der Waals surface area contributed by atoms with E-state index in [1.54, 1.807) is 61.5 Å². The highest BCUT2D eigenvalue weighted by atomic mass is 19.1. The van der Waals surface area contributed by atoms with E-state index in [9.17, 15) is 9.18 Å². The van der Waals surface area contributed by atoms with Gasteiger partial charge in [-0.15, -0.1) is 0 Å². The number of likely N-dealkylation sites (N-methyl/N-ethyl adjacent to an activating group) is 1. The second kappa shape index (κ2) is 14.1. The Morgan fingerprint density at radius 1 is 1.06 bits per heavy atom. The van der Waals surface area contributed by atoms with Gasteiger partial charge in [0.1, 0.15) is 18.1 Å². The van der Waals surface area contributed by atoms with Gasteiger partial charge in [-0.25, -0.2) is 0 Å². The number of carbonyl (C=O) groups excluding carboxylic acids is 1. The number of ether oxygens (including phenoxy) is 1. The number of nitrogens with one attached hydrogen (secondary N) is 2. The molecule has 0 spiro atoms. The topological polar surface area (TPSA) is 104 Å². The Balaban J connectivity index is 0.00000210. The lowest BCUT2D eigenvalue weighted by atomic mass is 10.0. The monoisotopic (exact) mass is 477 g/mol. The van der Waals surface area contributed by atoms with Crippen LogP contribution in [-0.4, -0.2) is 36.6 Å². The van der Waals surface area contributed by atoms with E-state index < -0.39 is 11.9 Å². The summed E-state index contributed by atoms with van der Waals surface area (Å²) < 4.78 is 19.5. The zero-order valence-corrected chi connectivity index (χ0v) is 19.8. The molecule has 0 fully saturated rings. The lowest BCUT2D eigenvalue weighted by Crippen LogP contribution is -2.28. The fraction of sp³-hybridized carbons (Fsp3) is 0.148. The number of aliphatic hydroxyl groups is 1. The SMILES string of the molecule is CNC(=O)C(=N)c1ccccc1CON=C(C)c1cccc(O/C(F)=C\c2ccccc2)c1.CO. The van der Waals surface area contributed by atoms with Crippen LogP contribution >= 0.6 is 0 Å². The maximum atomic E-state index is 14.2. The van der Waals surface area contributed by atoms with Crippen molar-refractivity contribution in [2.45, 2.75) is 13.5 Å². The van der Waals surface area contributed by atoms with Crippen molar-refractivity contribution in [2.24, 2.45) is 5.16 Å². The van der Waals surface area contributed by atoms with Gasteiger partial charge in [-0.1, -0.05) is 71.9 Å². The van der Waals surface area contributed by atoms with Crippen molar-refractivity contribution in [1.29, 1.82) is 5.41 Å². The lowest BCUT2D eigenvalue weighted by Gasteiger charge is -2.10. The van der Waals surface area contributed by atoms with Crippen molar-refractivity contribution in [2.75, 3.05) is 14.2 Å². The summed E-state index contributed by atoms with van der Waals surface area (Å²) in [6, 6.07) is 22.2. The molecule has 0 aromatic heterocycles. The van der Waals surface area contributed by atoms with E-state index in [0.29, 0.717) is 33.7 Å². The van der Waals surface area contributed by atoms with Gasteiger partial charge in [-0.2, -0.15) is 4.39 Å². The third-order valence-electron chi connectivity index (χ3n) is 4.71. The van der Waals surface area contributed by atoms with Crippen LogP contribution in [0.1, 0.15) is 29.2 Å². The molecule has 3 aromatic rings.